The molecule has 0 radical (unpaired) electrons. The molecule has 0 heterocycles. The van der Waals surface area contributed by atoms with Crippen LogP contribution in [-0.2, 0) is 0 Å². The van der Waals surface area contributed by atoms with Gasteiger partial charge in [-0.3, -0.25) is 0 Å². The van der Waals surface area contributed by atoms with Crippen LogP contribution in [0, 0.1) is 0 Å². The van der Waals surface area contributed by atoms with E-state index in [0.717, 1.165) is 0 Å². The first kappa shape index (κ1) is 12.5. The molecule has 0 N–H and O–H groups in total. The molecule has 14 heavy (non-hydrogen) atoms. The van der Waals surface area contributed by atoms with Gasteiger partial charge >= 0.3 is 111 Å². The van der Waals surface area contributed by atoms with E-state index in [-0.39, 0.29) is 20.9 Å². The van der Waals surface area contributed by atoms with Crippen molar-refractivity contribution in [3.05, 3.63) is 37.5 Å². The molecule has 2 heteroatoms. The fraction of sp³-hybridized carbons (Fsp3) is 0.333. The molecule has 76 valence electrons. The van der Waals surface area contributed by atoms with Crippen molar-refractivity contribution in [2.75, 3.05) is 0 Å². The maximum atomic E-state index is 2.50. The van der Waals surface area contributed by atoms with Crippen LogP contribution in [0.1, 0.15) is 25.3 Å². The molecule has 0 saturated carbocycles. The average Bonchev–Trinajstić information content (AvgIpc) is 2.20. The van der Waals surface area contributed by atoms with Gasteiger partial charge in [0.1, 0.15) is 0 Å². The second-order valence-electron chi connectivity index (χ2n) is 3.06. The minimum atomic E-state index is 0.105. The molecule has 0 spiro atoms. The normalized spacial score (nSPS) is 11.7. The molecule has 0 unspecified atom stereocenters. The number of benzene rings is 1. The molecular weight excluding hydrogens is 399 g/mol. The molecule has 1 aromatic carbocycles. The van der Waals surface area contributed by atoms with Crippen molar-refractivity contribution in [3.63, 3.8) is 0 Å². The molecule has 1 aromatic rings. The number of unbranched alkanes of at least 4 members (excludes halogenated alkanes) is 1. The van der Waals surface area contributed by atoms with Crippen molar-refractivity contribution in [2.45, 2.75) is 24.2 Å². The van der Waals surface area contributed by atoms with Gasteiger partial charge in [0.15, 0.2) is 0 Å². The van der Waals surface area contributed by atoms with E-state index in [0.29, 0.717) is 0 Å². The zero-order chi connectivity index (χ0) is 10.2. The zero-order valence-corrected chi connectivity index (χ0v) is 12.9. The van der Waals surface area contributed by atoms with Gasteiger partial charge in [0, 0.05) is 0 Å². The van der Waals surface area contributed by atoms with E-state index in [4.69, 9.17) is 0 Å². The summed E-state index contributed by atoms with van der Waals surface area (Å²) < 4.78 is 3.04. The van der Waals surface area contributed by atoms with Crippen molar-refractivity contribution in [1.82, 2.24) is 0 Å². The molecule has 0 saturated heterocycles. The Morgan fingerprint density at radius 2 is 2.07 bits per heavy atom. The summed E-state index contributed by atoms with van der Waals surface area (Å²) in [4.78, 5) is 0. The molecule has 0 fully saturated rings. The third-order valence-electron chi connectivity index (χ3n) is 1.82. The van der Waals surface area contributed by atoms with Crippen molar-refractivity contribution in [2.24, 2.45) is 0 Å². The summed E-state index contributed by atoms with van der Waals surface area (Å²) >= 11 is 2.61. The van der Waals surface area contributed by atoms with Crippen LogP contribution in [0.15, 0.2) is 32.0 Å². The van der Waals surface area contributed by atoms with Crippen LogP contribution < -0.4 is 0 Å². The van der Waals surface area contributed by atoms with Crippen LogP contribution >= 0.6 is 22.6 Å². The summed E-state index contributed by atoms with van der Waals surface area (Å²) in [6.45, 7) is 2.26. The quantitative estimate of drug-likeness (QED) is 0.383. The number of rotatable bonds is 5. The van der Waals surface area contributed by atoms with Crippen molar-refractivity contribution < 1.29 is 0 Å². The summed E-state index contributed by atoms with van der Waals surface area (Å²) in [7, 11) is 0. The first-order valence-corrected chi connectivity index (χ1v) is 8.77. The van der Waals surface area contributed by atoms with Gasteiger partial charge in [-0.05, 0) is 0 Å². The fourth-order valence-electron chi connectivity index (χ4n) is 1.04. The van der Waals surface area contributed by atoms with Gasteiger partial charge in [-0.25, -0.2) is 0 Å². The van der Waals surface area contributed by atoms with Crippen LogP contribution in [0.25, 0.3) is 6.08 Å². The molecule has 0 aromatic heterocycles. The van der Waals surface area contributed by atoms with E-state index >= 15 is 0 Å². The minimum absolute atomic E-state index is 0.105. The molecule has 0 nitrogen and oxygen atoms in total. The van der Waals surface area contributed by atoms with Crippen molar-refractivity contribution >= 4 is 49.6 Å². The standard InChI is InChI=1S/C12H15ITe/c1-2-3-9-14-12(13)10-11-7-5-4-6-8-11/h4-8,10H,2-3,9H2,1H3/b12-10+. The van der Waals surface area contributed by atoms with E-state index in [1.54, 1.807) is 1.63 Å². The SMILES string of the molecule is CCCC[Te]/C(I)=C/c1ccccc1. The third kappa shape index (κ3) is 5.38. The molecule has 0 atom stereocenters. The summed E-state index contributed by atoms with van der Waals surface area (Å²) in [5, 5.41) is 0. The molecule has 0 bridgehead atoms. The Bertz CT molecular complexity index is 280. The van der Waals surface area contributed by atoms with Gasteiger partial charge in [-0.15, -0.1) is 0 Å². The fourth-order valence-corrected chi connectivity index (χ4v) is 5.29. The monoisotopic (exact) mass is 416 g/mol. The Labute approximate surface area is 110 Å². The van der Waals surface area contributed by atoms with Gasteiger partial charge in [-0.2, -0.15) is 0 Å². The maximum absolute atomic E-state index is 2.50. The van der Waals surface area contributed by atoms with Crippen LogP contribution in [-0.4, -0.2) is 20.9 Å². The zero-order valence-electron chi connectivity index (χ0n) is 8.37. The first-order valence-electron chi connectivity index (χ1n) is 4.88. The Kier molecular flexibility index (Phi) is 6.93. The van der Waals surface area contributed by atoms with Gasteiger partial charge in [-0.1, -0.05) is 0 Å². The summed E-state index contributed by atoms with van der Waals surface area (Å²) in [6.07, 6.45) is 5.07. The van der Waals surface area contributed by atoms with Crippen molar-refractivity contribution in [3.8, 4) is 0 Å². The molecule has 0 aliphatic rings. The van der Waals surface area contributed by atoms with E-state index in [1.807, 2.05) is 0 Å². The first-order chi connectivity index (χ1) is 6.83. The second-order valence-corrected chi connectivity index (χ2v) is 9.74. The van der Waals surface area contributed by atoms with Gasteiger partial charge in [0.05, 0.1) is 0 Å². The van der Waals surface area contributed by atoms with Gasteiger partial charge in [0.25, 0.3) is 0 Å². The van der Waals surface area contributed by atoms with E-state index in [2.05, 4.69) is 65.9 Å². The molecule has 0 aliphatic carbocycles. The number of hydrogen-bond donors (Lipinski definition) is 0. The van der Waals surface area contributed by atoms with Crippen LogP contribution in [0.4, 0.5) is 0 Å². The second kappa shape index (κ2) is 7.73. The predicted octanol–water partition coefficient (Wildman–Crippen LogP) is 4.34. The van der Waals surface area contributed by atoms with E-state index in [1.165, 1.54) is 22.9 Å². The Hall–Kier alpha value is 0.480. The number of halogens is 1. The molecular formula is C12H15ITe. The van der Waals surface area contributed by atoms with Gasteiger partial charge in [0.2, 0.25) is 0 Å². The Morgan fingerprint density at radius 1 is 1.36 bits per heavy atom. The van der Waals surface area contributed by atoms with Crippen molar-refractivity contribution in [1.29, 1.82) is 0 Å². The van der Waals surface area contributed by atoms with E-state index < -0.39 is 0 Å². The molecule has 0 amide bonds. The Morgan fingerprint density at radius 3 is 2.71 bits per heavy atom. The molecule has 1 rings (SSSR count). The topological polar surface area (TPSA) is 0 Å². The number of hydrogen-bond acceptors (Lipinski definition) is 0. The Balaban J connectivity index is 2.43. The summed E-state index contributed by atoms with van der Waals surface area (Å²) in [5.41, 5.74) is 1.35. The van der Waals surface area contributed by atoms with Crippen LogP contribution in [0.3, 0.4) is 0 Å². The van der Waals surface area contributed by atoms with Gasteiger partial charge < -0.3 is 0 Å². The van der Waals surface area contributed by atoms with Crippen LogP contribution in [0.2, 0.25) is 4.47 Å². The van der Waals surface area contributed by atoms with Crippen LogP contribution in [0.5, 0.6) is 0 Å². The summed E-state index contributed by atoms with van der Waals surface area (Å²) in [5.74, 6) is 0. The third-order valence-corrected chi connectivity index (χ3v) is 6.75. The van der Waals surface area contributed by atoms with E-state index in [9.17, 15) is 0 Å². The average molecular weight is 414 g/mol. The summed E-state index contributed by atoms with van der Waals surface area (Å²) in [6, 6.07) is 10.6. The predicted molar refractivity (Wildman–Crippen MR) is 73.9 cm³/mol. The molecule has 0 aliphatic heterocycles.